The minimum Gasteiger partial charge on any atom is -0.493 e. The van der Waals surface area contributed by atoms with Crippen molar-refractivity contribution in [2.75, 3.05) is 46.8 Å². The number of hydrogen-bond donors (Lipinski definition) is 1. The molecule has 53 heavy (non-hydrogen) atoms. The Hall–Kier alpha value is -4.17. The zero-order valence-corrected chi connectivity index (χ0v) is 32.8. The fourth-order valence-electron chi connectivity index (χ4n) is 5.90. The van der Waals surface area contributed by atoms with Crippen LogP contribution in [0.5, 0.6) is 17.2 Å². The van der Waals surface area contributed by atoms with Gasteiger partial charge in [-0.25, -0.2) is 4.79 Å². The van der Waals surface area contributed by atoms with E-state index >= 15 is 0 Å². The third-order valence-corrected chi connectivity index (χ3v) is 9.98. The number of likely N-dealkylation sites (tertiary alicyclic amines) is 1. The highest BCUT2D eigenvalue weighted by atomic mass is 32.2. The van der Waals surface area contributed by atoms with E-state index in [2.05, 4.69) is 9.50 Å². The first-order chi connectivity index (χ1) is 25.2. The third kappa shape index (κ3) is 14.0. The summed E-state index contributed by atoms with van der Waals surface area (Å²) >= 11 is 0. The largest absolute Gasteiger partial charge is 0.493 e. The van der Waals surface area contributed by atoms with Crippen molar-refractivity contribution in [1.82, 2.24) is 10.2 Å². The maximum Gasteiger partial charge on any atom is 0.329 e. The van der Waals surface area contributed by atoms with Crippen molar-refractivity contribution in [1.29, 1.82) is 0 Å². The molecule has 1 heterocycles. The van der Waals surface area contributed by atoms with Crippen LogP contribution in [-0.2, 0) is 44.6 Å². The standard InChI is InChI=1S/C39H56N2O11S/c1-7-39(2,3)36(43)37(44)41-23-11-10-17-31(41)38(45)52-32(18-9-8-14-28-20-21-33(48-4)34(26-28)49-5)29-15-12-16-30(27-29)50-25-22-40-35(42)19-13-24-51-53(6,46)47/h12,15-16,20-21,26-27,31-32H,7-11,13-14,17-19,22-25H2,1-6H3,(H,40,42)/t31?,32-/m1/s1. The Kier molecular flexibility index (Phi) is 17.1. The van der Waals surface area contributed by atoms with Gasteiger partial charge in [-0.1, -0.05) is 39.0 Å². The first kappa shape index (κ1) is 43.2. The number of Topliss-reactive ketones (excluding diaryl/α,β-unsaturated/α-hetero) is 1. The van der Waals surface area contributed by atoms with Gasteiger partial charge in [0, 0.05) is 18.4 Å². The lowest BCUT2D eigenvalue weighted by atomic mass is 9.84. The van der Waals surface area contributed by atoms with Gasteiger partial charge in [-0.2, -0.15) is 8.42 Å². The second-order valence-electron chi connectivity index (χ2n) is 13.8. The molecule has 2 amide bonds. The molecule has 1 N–H and O–H groups in total. The van der Waals surface area contributed by atoms with Crippen molar-refractivity contribution < 1.29 is 50.7 Å². The third-order valence-electron chi connectivity index (χ3n) is 9.39. The van der Waals surface area contributed by atoms with Gasteiger partial charge in [0.2, 0.25) is 11.7 Å². The maximum atomic E-state index is 13.9. The van der Waals surface area contributed by atoms with Crippen molar-refractivity contribution in [2.24, 2.45) is 5.41 Å². The number of ketones is 1. The Morgan fingerprint density at radius 2 is 1.72 bits per heavy atom. The number of nitrogens with zero attached hydrogens (tertiary/aromatic N) is 1. The number of benzene rings is 2. The zero-order chi connectivity index (χ0) is 39.0. The Balaban J connectivity index is 1.69. The lowest BCUT2D eigenvalue weighted by molar-refractivity contribution is -0.164. The highest BCUT2D eigenvalue weighted by molar-refractivity contribution is 7.85. The van der Waals surface area contributed by atoms with E-state index in [0.717, 1.165) is 37.5 Å². The molecular formula is C39H56N2O11S. The van der Waals surface area contributed by atoms with Crippen molar-refractivity contribution in [2.45, 2.75) is 97.1 Å². The van der Waals surface area contributed by atoms with Crippen LogP contribution in [0.15, 0.2) is 42.5 Å². The number of carbonyl (C=O) groups is 4. The van der Waals surface area contributed by atoms with Crippen molar-refractivity contribution in [3.05, 3.63) is 53.6 Å². The fourth-order valence-corrected chi connectivity index (χ4v) is 6.32. The predicted octanol–water partition coefficient (Wildman–Crippen LogP) is 5.34. The van der Waals surface area contributed by atoms with E-state index in [1.165, 1.54) is 4.90 Å². The number of ether oxygens (including phenoxy) is 4. The Bertz CT molecular complexity index is 1640. The topological polar surface area (TPSA) is 164 Å². The molecular weight excluding hydrogens is 704 g/mol. The van der Waals surface area contributed by atoms with Crippen molar-refractivity contribution in [3.63, 3.8) is 0 Å². The smallest absolute Gasteiger partial charge is 0.329 e. The van der Waals surface area contributed by atoms with E-state index in [4.69, 9.17) is 18.9 Å². The van der Waals surface area contributed by atoms with Gasteiger partial charge in [-0.05, 0) is 93.2 Å². The number of carbonyl (C=O) groups excluding carboxylic acids is 4. The van der Waals surface area contributed by atoms with E-state index in [0.29, 0.717) is 55.0 Å². The van der Waals surface area contributed by atoms with Gasteiger partial charge in [0.25, 0.3) is 16.0 Å². The van der Waals surface area contributed by atoms with Crippen LogP contribution in [0, 0.1) is 5.41 Å². The summed E-state index contributed by atoms with van der Waals surface area (Å²) in [5.41, 5.74) is 0.961. The molecule has 2 aromatic carbocycles. The second kappa shape index (κ2) is 20.9. The number of aryl methyl sites for hydroxylation is 1. The minimum atomic E-state index is -3.55. The Morgan fingerprint density at radius 1 is 0.962 bits per heavy atom. The second-order valence-corrected chi connectivity index (χ2v) is 15.5. The zero-order valence-electron chi connectivity index (χ0n) is 31.9. The van der Waals surface area contributed by atoms with E-state index in [1.807, 2.05) is 31.2 Å². The summed E-state index contributed by atoms with van der Waals surface area (Å²) in [7, 11) is -0.361. The number of esters is 1. The summed E-state index contributed by atoms with van der Waals surface area (Å²) in [6.45, 7) is 5.99. The lowest BCUT2D eigenvalue weighted by Gasteiger charge is -2.36. The first-order valence-electron chi connectivity index (χ1n) is 18.3. The Morgan fingerprint density at radius 3 is 2.42 bits per heavy atom. The van der Waals surface area contributed by atoms with Crippen LogP contribution < -0.4 is 19.5 Å². The molecule has 13 nitrogen and oxygen atoms in total. The number of amides is 2. The van der Waals surface area contributed by atoms with Crippen LogP contribution >= 0.6 is 0 Å². The molecule has 1 aliphatic heterocycles. The average molecular weight is 761 g/mol. The van der Waals surface area contributed by atoms with Gasteiger partial charge in [0.1, 0.15) is 24.5 Å². The van der Waals surface area contributed by atoms with Crippen LogP contribution in [0.4, 0.5) is 0 Å². The highest BCUT2D eigenvalue weighted by Crippen LogP contribution is 2.32. The molecule has 0 bridgehead atoms. The summed E-state index contributed by atoms with van der Waals surface area (Å²) < 4.78 is 49.7. The Labute approximate surface area is 314 Å². The van der Waals surface area contributed by atoms with Gasteiger partial charge in [-0.15, -0.1) is 0 Å². The quantitative estimate of drug-likeness (QED) is 0.0714. The molecule has 0 spiro atoms. The van der Waals surface area contributed by atoms with Crippen molar-refractivity contribution in [3.8, 4) is 17.2 Å². The molecule has 2 atom stereocenters. The number of methoxy groups -OCH3 is 2. The predicted molar refractivity (Wildman–Crippen MR) is 199 cm³/mol. The SMILES string of the molecule is CCC(C)(C)C(=O)C(=O)N1CCCCC1C(=O)O[C@H](CCCCc1ccc(OC)c(OC)c1)c1cccc(OCCNC(=O)CCCOS(C)(=O)=O)c1. The van der Waals surface area contributed by atoms with Gasteiger partial charge in [0.15, 0.2) is 11.5 Å². The summed E-state index contributed by atoms with van der Waals surface area (Å²) in [5.74, 6) is -0.120. The fraction of sp³-hybridized carbons (Fsp3) is 0.590. The molecule has 1 fully saturated rings. The molecule has 3 rings (SSSR count). The number of rotatable bonds is 22. The molecule has 1 saturated heterocycles. The lowest BCUT2D eigenvalue weighted by Crippen LogP contribution is -2.53. The summed E-state index contributed by atoms with van der Waals surface area (Å²) in [5, 5.41) is 2.74. The van der Waals surface area contributed by atoms with Gasteiger partial charge >= 0.3 is 5.97 Å². The molecule has 2 aromatic rings. The van der Waals surface area contributed by atoms with Crippen LogP contribution in [0.25, 0.3) is 0 Å². The van der Waals surface area contributed by atoms with Crippen LogP contribution in [0.1, 0.15) is 95.8 Å². The minimum absolute atomic E-state index is 0.0677. The molecule has 0 aromatic heterocycles. The van der Waals surface area contributed by atoms with E-state index < -0.39 is 45.3 Å². The highest BCUT2D eigenvalue weighted by Gasteiger charge is 2.41. The van der Waals surface area contributed by atoms with Crippen LogP contribution in [-0.4, -0.2) is 89.7 Å². The number of nitrogens with one attached hydrogen (secondary N) is 1. The number of hydrogen-bond acceptors (Lipinski definition) is 11. The molecule has 1 unspecified atom stereocenters. The van der Waals surface area contributed by atoms with E-state index in [-0.39, 0.29) is 38.5 Å². The molecule has 14 heteroatoms. The summed E-state index contributed by atoms with van der Waals surface area (Å²) in [6.07, 6.45) is 5.82. The van der Waals surface area contributed by atoms with E-state index in [1.54, 1.807) is 46.3 Å². The molecule has 0 aliphatic carbocycles. The molecule has 1 aliphatic rings. The maximum absolute atomic E-state index is 13.9. The molecule has 294 valence electrons. The molecule has 0 radical (unpaired) electrons. The molecule has 0 saturated carbocycles. The first-order valence-corrected chi connectivity index (χ1v) is 20.1. The monoisotopic (exact) mass is 760 g/mol. The normalized spacial score (nSPS) is 15.3. The van der Waals surface area contributed by atoms with E-state index in [9.17, 15) is 27.6 Å². The average Bonchev–Trinajstić information content (AvgIpc) is 3.15. The summed E-state index contributed by atoms with van der Waals surface area (Å²) in [6, 6.07) is 12.2. The van der Waals surface area contributed by atoms with Crippen LogP contribution in [0.2, 0.25) is 0 Å². The summed E-state index contributed by atoms with van der Waals surface area (Å²) in [4.78, 5) is 53.9. The van der Waals surface area contributed by atoms with Gasteiger partial charge in [-0.3, -0.25) is 18.6 Å². The van der Waals surface area contributed by atoms with Gasteiger partial charge < -0.3 is 29.2 Å². The van der Waals surface area contributed by atoms with Gasteiger partial charge in [0.05, 0.1) is 33.6 Å². The number of piperidine rings is 1. The number of unbranched alkanes of at least 4 members (excludes halogenated alkanes) is 1. The van der Waals surface area contributed by atoms with Crippen molar-refractivity contribution >= 4 is 33.7 Å². The van der Waals surface area contributed by atoms with Crippen LogP contribution in [0.3, 0.4) is 0 Å².